The maximum Gasteiger partial charge on any atom is 0.340 e. The van der Waals surface area contributed by atoms with Crippen molar-refractivity contribution in [2.24, 2.45) is 5.73 Å². The van der Waals surface area contributed by atoms with Crippen LogP contribution in [0.3, 0.4) is 0 Å². The first kappa shape index (κ1) is 18.7. The quantitative estimate of drug-likeness (QED) is 0.657. The van der Waals surface area contributed by atoms with Gasteiger partial charge in [0.15, 0.2) is 11.5 Å². The molecule has 148 valence electrons. The van der Waals surface area contributed by atoms with Crippen molar-refractivity contribution in [2.45, 2.75) is 12.8 Å². The zero-order valence-electron chi connectivity index (χ0n) is 16.1. The van der Waals surface area contributed by atoms with Gasteiger partial charge in [-0.2, -0.15) is 0 Å². The Bertz CT molecular complexity index is 1140. The van der Waals surface area contributed by atoms with Crippen LogP contribution in [0.25, 0.3) is 10.8 Å². The van der Waals surface area contributed by atoms with Crippen LogP contribution in [0.15, 0.2) is 66.1 Å². The van der Waals surface area contributed by atoms with Crippen molar-refractivity contribution in [2.75, 3.05) is 13.7 Å². The number of carbonyl (C=O) groups excluding carboxylic acids is 1. The Hall–Kier alpha value is -3.67. The normalized spacial score (nSPS) is 15.6. The fourth-order valence-corrected chi connectivity index (χ4v) is 3.76. The number of nitrogens with two attached hydrogens (primary N) is 1. The summed E-state index contributed by atoms with van der Waals surface area (Å²) in [6.07, 6.45) is 0. The third-order valence-corrected chi connectivity index (χ3v) is 5.03. The molecule has 0 amide bonds. The van der Waals surface area contributed by atoms with Gasteiger partial charge in [-0.3, -0.25) is 0 Å². The first-order valence-electron chi connectivity index (χ1n) is 9.28. The van der Waals surface area contributed by atoms with Crippen LogP contribution < -0.4 is 15.2 Å². The number of aromatic hydroxyl groups is 1. The van der Waals surface area contributed by atoms with Crippen molar-refractivity contribution in [3.8, 4) is 17.2 Å². The van der Waals surface area contributed by atoms with Gasteiger partial charge in [0.05, 0.1) is 19.6 Å². The maximum absolute atomic E-state index is 12.8. The lowest BCUT2D eigenvalue weighted by Gasteiger charge is -2.30. The monoisotopic (exact) mass is 391 g/mol. The van der Waals surface area contributed by atoms with Gasteiger partial charge in [0, 0.05) is 5.56 Å². The van der Waals surface area contributed by atoms with E-state index in [1.54, 1.807) is 19.1 Å². The molecule has 3 aromatic rings. The van der Waals surface area contributed by atoms with Crippen LogP contribution in [0.2, 0.25) is 0 Å². The standard InChI is InChI=1S/C23H21NO5/c1-3-28-23(26)21-19(14-8-10-16(25)18(12-14)27-2)20-15-7-5-4-6-13(15)9-11-17(20)29-22(21)24/h4-12,19,25H,3,24H2,1-2H3/t19-/m1/s1. The van der Waals surface area contributed by atoms with E-state index in [1.807, 2.05) is 36.4 Å². The minimum atomic E-state index is -0.543. The highest BCUT2D eigenvalue weighted by Gasteiger charge is 2.37. The molecule has 0 radical (unpaired) electrons. The molecule has 4 rings (SSSR count). The topological polar surface area (TPSA) is 91.0 Å². The number of esters is 1. The molecule has 1 heterocycles. The predicted octanol–water partition coefficient (Wildman–Crippen LogP) is 3.81. The third-order valence-electron chi connectivity index (χ3n) is 5.03. The largest absolute Gasteiger partial charge is 0.504 e. The molecule has 0 aliphatic carbocycles. The molecule has 1 atom stereocenters. The van der Waals surface area contributed by atoms with E-state index in [1.165, 1.54) is 13.2 Å². The number of phenolic OH excluding ortho intramolecular Hbond substituents is 1. The lowest BCUT2D eigenvalue weighted by atomic mass is 9.80. The van der Waals surface area contributed by atoms with Gasteiger partial charge >= 0.3 is 5.97 Å². The van der Waals surface area contributed by atoms with Gasteiger partial charge in [0.25, 0.3) is 0 Å². The number of phenols is 1. The molecule has 29 heavy (non-hydrogen) atoms. The molecule has 6 nitrogen and oxygen atoms in total. The molecular formula is C23H21NO5. The molecule has 0 unspecified atom stereocenters. The molecule has 3 N–H and O–H groups in total. The van der Waals surface area contributed by atoms with Gasteiger partial charge in [-0.1, -0.05) is 36.4 Å². The highest BCUT2D eigenvalue weighted by atomic mass is 16.5. The maximum atomic E-state index is 12.8. The number of benzene rings is 3. The number of fused-ring (bicyclic) bond motifs is 3. The second-order valence-corrected chi connectivity index (χ2v) is 6.66. The van der Waals surface area contributed by atoms with Crippen molar-refractivity contribution < 1.29 is 24.1 Å². The molecule has 6 heteroatoms. The van der Waals surface area contributed by atoms with E-state index < -0.39 is 11.9 Å². The predicted molar refractivity (Wildman–Crippen MR) is 109 cm³/mol. The summed E-state index contributed by atoms with van der Waals surface area (Å²) in [6, 6.07) is 16.6. The van der Waals surface area contributed by atoms with Crippen LogP contribution in [0.5, 0.6) is 17.2 Å². The van der Waals surface area contributed by atoms with Gasteiger partial charge in [-0.15, -0.1) is 0 Å². The summed E-state index contributed by atoms with van der Waals surface area (Å²) in [5.41, 5.74) is 7.94. The van der Waals surface area contributed by atoms with Gasteiger partial charge in [0.1, 0.15) is 11.3 Å². The molecular weight excluding hydrogens is 370 g/mol. The first-order chi connectivity index (χ1) is 14.0. The fourth-order valence-electron chi connectivity index (χ4n) is 3.76. The van der Waals surface area contributed by atoms with E-state index in [4.69, 9.17) is 19.9 Å². The second kappa shape index (κ2) is 7.39. The minimum absolute atomic E-state index is 0.00303. The van der Waals surface area contributed by atoms with E-state index in [-0.39, 0.29) is 23.8 Å². The number of methoxy groups -OCH3 is 1. The summed E-state index contributed by atoms with van der Waals surface area (Å²) in [5, 5.41) is 12.0. The molecule has 3 aromatic carbocycles. The van der Waals surface area contributed by atoms with Crippen molar-refractivity contribution in [3.05, 3.63) is 77.2 Å². The van der Waals surface area contributed by atoms with Crippen LogP contribution in [-0.2, 0) is 9.53 Å². The summed E-state index contributed by atoms with van der Waals surface area (Å²) in [6.45, 7) is 1.95. The lowest BCUT2D eigenvalue weighted by molar-refractivity contribution is -0.139. The van der Waals surface area contributed by atoms with Gasteiger partial charge in [-0.05, 0) is 41.5 Å². The lowest BCUT2D eigenvalue weighted by Crippen LogP contribution is -2.27. The average molecular weight is 391 g/mol. The van der Waals surface area contributed by atoms with E-state index in [0.717, 1.165) is 21.9 Å². The highest BCUT2D eigenvalue weighted by molar-refractivity contribution is 5.97. The Morgan fingerprint density at radius 3 is 2.72 bits per heavy atom. The summed E-state index contributed by atoms with van der Waals surface area (Å²) < 4.78 is 16.4. The van der Waals surface area contributed by atoms with Crippen LogP contribution in [-0.4, -0.2) is 24.8 Å². The van der Waals surface area contributed by atoms with E-state index >= 15 is 0 Å². The Morgan fingerprint density at radius 1 is 1.17 bits per heavy atom. The Morgan fingerprint density at radius 2 is 1.97 bits per heavy atom. The second-order valence-electron chi connectivity index (χ2n) is 6.66. The summed E-state index contributed by atoms with van der Waals surface area (Å²) in [5.74, 6) is -0.192. The van der Waals surface area contributed by atoms with Crippen molar-refractivity contribution in [3.63, 3.8) is 0 Å². The van der Waals surface area contributed by atoms with E-state index in [0.29, 0.717) is 11.5 Å². The average Bonchev–Trinajstić information content (AvgIpc) is 2.73. The van der Waals surface area contributed by atoms with Gasteiger partial charge < -0.3 is 25.1 Å². The number of rotatable bonds is 4. The summed E-state index contributed by atoms with van der Waals surface area (Å²) in [4.78, 5) is 12.8. The molecule has 0 saturated carbocycles. The summed E-state index contributed by atoms with van der Waals surface area (Å²) in [7, 11) is 1.47. The zero-order chi connectivity index (χ0) is 20.5. The highest BCUT2D eigenvalue weighted by Crippen LogP contribution is 2.47. The fraction of sp³-hybridized carbons (Fsp3) is 0.174. The number of carbonyl (C=O) groups is 1. The first-order valence-corrected chi connectivity index (χ1v) is 9.28. The van der Waals surface area contributed by atoms with Crippen molar-refractivity contribution >= 4 is 16.7 Å². The molecule has 1 aliphatic rings. The van der Waals surface area contributed by atoms with Crippen LogP contribution in [0.1, 0.15) is 24.0 Å². The number of hydrogen-bond donors (Lipinski definition) is 2. The molecule has 0 fully saturated rings. The number of hydrogen-bond acceptors (Lipinski definition) is 6. The van der Waals surface area contributed by atoms with Gasteiger partial charge in [-0.25, -0.2) is 4.79 Å². The van der Waals surface area contributed by atoms with E-state index in [9.17, 15) is 9.90 Å². The molecule has 1 aliphatic heterocycles. The molecule has 0 bridgehead atoms. The smallest absolute Gasteiger partial charge is 0.340 e. The van der Waals surface area contributed by atoms with Crippen LogP contribution in [0, 0.1) is 0 Å². The third kappa shape index (κ3) is 3.12. The number of ether oxygens (including phenoxy) is 3. The molecule has 0 spiro atoms. The summed E-state index contributed by atoms with van der Waals surface area (Å²) >= 11 is 0. The van der Waals surface area contributed by atoms with Crippen LogP contribution >= 0.6 is 0 Å². The Balaban J connectivity index is 2.02. The molecule has 0 saturated heterocycles. The SMILES string of the molecule is CCOC(=O)C1=C(N)Oc2ccc3ccccc3c2[C@H]1c1ccc(O)c(OC)c1. The van der Waals surface area contributed by atoms with Gasteiger partial charge in [0.2, 0.25) is 5.88 Å². The Labute approximate surface area is 168 Å². The van der Waals surface area contributed by atoms with E-state index in [2.05, 4.69) is 0 Å². The van der Waals surface area contributed by atoms with Crippen LogP contribution in [0.4, 0.5) is 0 Å². The molecule has 0 aromatic heterocycles. The zero-order valence-corrected chi connectivity index (χ0v) is 16.1. The Kier molecular flexibility index (Phi) is 4.76. The van der Waals surface area contributed by atoms with Crippen molar-refractivity contribution in [1.29, 1.82) is 0 Å². The minimum Gasteiger partial charge on any atom is -0.504 e. The van der Waals surface area contributed by atoms with Crippen molar-refractivity contribution in [1.82, 2.24) is 0 Å².